The summed E-state index contributed by atoms with van der Waals surface area (Å²) in [6.07, 6.45) is 0. The fraction of sp³-hybridized carbons (Fsp3) is 0.250. The maximum Gasteiger partial charge on any atom is 0.283 e. The molecular formula is C16H17BrN2O2. The summed E-state index contributed by atoms with van der Waals surface area (Å²) in [4.78, 5) is 10.4. The number of hydrogen-bond acceptors (Lipinski definition) is 3. The summed E-state index contributed by atoms with van der Waals surface area (Å²) < 4.78 is 0.479. The van der Waals surface area contributed by atoms with Gasteiger partial charge in [0.15, 0.2) is 0 Å². The van der Waals surface area contributed by atoms with Gasteiger partial charge >= 0.3 is 0 Å². The van der Waals surface area contributed by atoms with Gasteiger partial charge in [-0.25, -0.2) is 0 Å². The second-order valence-electron chi connectivity index (χ2n) is 5.17. The van der Waals surface area contributed by atoms with Crippen LogP contribution in [0.15, 0.2) is 46.9 Å². The van der Waals surface area contributed by atoms with Gasteiger partial charge in [-0.1, -0.05) is 38.1 Å². The van der Waals surface area contributed by atoms with E-state index in [0.717, 1.165) is 5.69 Å². The van der Waals surface area contributed by atoms with Crippen LogP contribution >= 0.6 is 15.9 Å². The summed E-state index contributed by atoms with van der Waals surface area (Å²) in [5, 5.41) is 14.0. The minimum Gasteiger partial charge on any atom is -0.381 e. The Hall–Kier alpha value is -1.88. The standard InChI is InChI=1S/C16H17BrN2O2/c1-11(2)13-5-3-12(4-6-13)10-18-14-7-8-16(19(20)21)15(17)9-14/h3-9,11,18H,10H2,1-2H3. The summed E-state index contributed by atoms with van der Waals surface area (Å²) >= 11 is 3.22. The average molecular weight is 349 g/mol. The van der Waals surface area contributed by atoms with E-state index >= 15 is 0 Å². The molecule has 0 heterocycles. The Morgan fingerprint density at radius 1 is 1.19 bits per heavy atom. The lowest BCUT2D eigenvalue weighted by atomic mass is 10.0. The predicted molar refractivity (Wildman–Crippen MR) is 88.7 cm³/mol. The third-order valence-electron chi connectivity index (χ3n) is 3.29. The van der Waals surface area contributed by atoms with Gasteiger partial charge in [0.25, 0.3) is 5.69 Å². The second kappa shape index (κ2) is 6.72. The van der Waals surface area contributed by atoms with Crippen molar-refractivity contribution in [3.05, 3.63) is 68.2 Å². The third-order valence-corrected chi connectivity index (χ3v) is 3.92. The molecule has 0 saturated heterocycles. The van der Waals surface area contributed by atoms with Crippen molar-refractivity contribution in [2.45, 2.75) is 26.3 Å². The molecule has 4 nitrogen and oxygen atoms in total. The lowest BCUT2D eigenvalue weighted by Gasteiger charge is -2.09. The number of nitro benzene ring substituents is 1. The number of benzene rings is 2. The zero-order valence-electron chi connectivity index (χ0n) is 12.0. The predicted octanol–water partition coefficient (Wildman–Crippen LogP) is 5.09. The third kappa shape index (κ3) is 4.04. The maximum atomic E-state index is 10.8. The average Bonchev–Trinajstić information content (AvgIpc) is 2.45. The first-order chi connectivity index (χ1) is 9.97. The van der Waals surface area contributed by atoms with Crippen molar-refractivity contribution < 1.29 is 4.92 Å². The summed E-state index contributed by atoms with van der Waals surface area (Å²) in [6.45, 7) is 5.02. The first-order valence-corrected chi connectivity index (χ1v) is 7.53. The minimum absolute atomic E-state index is 0.0711. The van der Waals surface area contributed by atoms with Gasteiger partial charge in [-0.15, -0.1) is 0 Å². The topological polar surface area (TPSA) is 55.2 Å². The van der Waals surface area contributed by atoms with Crippen LogP contribution in [0, 0.1) is 10.1 Å². The fourth-order valence-electron chi connectivity index (χ4n) is 1.99. The van der Waals surface area contributed by atoms with Crippen LogP contribution < -0.4 is 5.32 Å². The molecule has 0 saturated carbocycles. The lowest BCUT2D eigenvalue weighted by molar-refractivity contribution is -0.385. The smallest absolute Gasteiger partial charge is 0.283 e. The maximum absolute atomic E-state index is 10.8. The molecule has 0 atom stereocenters. The number of rotatable bonds is 5. The molecule has 0 aliphatic carbocycles. The van der Waals surface area contributed by atoms with E-state index in [-0.39, 0.29) is 5.69 Å². The first kappa shape index (κ1) is 15.5. The van der Waals surface area contributed by atoms with E-state index in [2.05, 4.69) is 59.4 Å². The molecule has 21 heavy (non-hydrogen) atoms. The molecular weight excluding hydrogens is 332 g/mol. The molecule has 2 aromatic carbocycles. The van der Waals surface area contributed by atoms with Gasteiger partial charge in [0, 0.05) is 18.3 Å². The van der Waals surface area contributed by atoms with Crippen LogP contribution in [0.1, 0.15) is 30.9 Å². The number of hydrogen-bond donors (Lipinski definition) is 1. The van der Waals surface area contributed by atoms with Crippen molar-refractivity contribution in [1.82, 2.24) is 0 Å². The molecule has 0 amide bonds. The van der Waals surface area contributed by atoms with E-state index in [1.807, 2.05) is 0 Å². The Balaban J connectivity index is 2.03. The molecule has 0 bridgehead atoms. The van der Waals surface area contributed by atoms with Crippen molar-refractivity contribution in [3.63, 3.8) is 0 Å². The van der Waals surface area contributed by atoms with E-state index < -0.39 is 4.92 Å². The minimum atomic E-state index is -0.404. The molecule has 2 aromatic rings. The lowest BCUT2D eigenvalue weighted by Crippen LogP contribution is -2.00. The molecule has 0 unspecified atom stereocenters. The van der Waals surface area contributed by atoms with Crippen LogP contribution in [-0.4, -0.2) is 4.92 Å². The summed E-state index contributed by atoms with van der Waals surface area (Å²) in [6, 6.07) is 13.4. The van der Waals surface area contributed by atoms with E-state index in [4.69, 9.17) is 0 Å². The van der Waals surface area contributed by atoms with Gasteiger partial charge in [0.2, 0.25) is 0 Å². The molecule has 5 heteroatoms. The highest BCUT2D eigenvalue weighted by Crippen LogP contribution is 2.28. The van der Waals surface area contributed by atoms with E-state index in [1.165, 1.54) is 17.2 Å². The van der Waals surface area contributed by atoms with Crippen molar-refractivity contribution >= 4 is 27.3 Å². The largest absolute Gasteiger partial charge is 0.381 e. The quantitative estimate of drug-likeness (QED) is 0.604. The van der Waals surface area contributed by atoms with Gasteiger partial charge in [-0.3, -0.25) is 10.1 Å². The van der Waals surface area contributed by atoms with Gasteiger partial charge in [0.05, 0.1) is 9.40 Å². The van der Waals surface area contributed by atoms with Crippen LogP contribution in [-0.2, 0) is 6.54 Å². The van der Waals surface area contributed by atoms with Crippen LogP contribution in [0.4, 0.5) is 11.4 Å². The Bertz CT molecular complexity index is 639. The van der Waals surface area contributed by atoms with Crippen molar-refractivity contribution in [2.24, 2.45) is 0 Å². The van der Waals surface area contributed by atoms with Gasteiger partial charge < -0.3 is 5.32 Å². The Labute approximate surface area is 132 Å². The van der Waals surface area contributed by atoms with E-state index in [1.54, 1.807) is 12.1 Å². The zero-order valence-corrected chi connectivity index (χ0v) is 13.6. The molecule has 2 rings (SSSR count). The molecule has 1 N–H and O–H groups in total. The van der Waals surface area contributed by atoms with Crippen LogP contribution in [0.25, 0.3) is 0 Å². The summed E-state index contributed by atoms with van der Waals surface area (Å²) in [5.41, 5.74) is 3.41. The molecule has 0 spiro atoms. The van der Waals surface area contributed by atoms with Gasteiger partial charge in [-0.05, 0) is 45.1 Å². The van der Waals surface area contributed by atoms with Crippen molar-refractivity contribution in [1.29, 1.82) is 0 Å². The molecule has 0 aliphatic rings. The van der Waals surface area contributed by atoms with Crippen LogP contribution in [0.2, 0.25) is 0 Å². The number of nitro groups is 1. The Kier molecular flexibility index (Phi) is 4.96. The van der Waals surface area contributed by atoms with E-state index in [0.29, 0.717) is 16.9 Å². The van der Waals surface area contributed by atoms with Crippen molar-refractivity contribution in [2.75, 3.05) is 5.32 Å². The highest BCUT2D eigenvalue weighted by molar-refractivity contribution is 9.10. The van der Waals surface area contributed by atoms with E-state index in [9.17, 15) is 10.1 Å². The first-order valence-electron chi connectivity index (χ1n) is 6.74. The van der Waals surface area contributed by atoms with Crippen LogP contribution in [0.3, 0.4) is 0 Å². The fourth-order valence-corrected chi connectivity index (χ4v) is 2.51. The Morgan fingerprint density at radius 2 is 1.86 bits per heavy atom. The SMILES string of the molecule is CC(C)c1ccc(CNc2ccc([N+](=O)[O-])c(Br)c2)cc1. The molecule has 0 fully saturated rings. The monoisotopic (exact) mass is 348 g/mol. The number of anilines is 1. The number of nitrogens with zero attached hydrogens (tertiary/aromatic N) is 1. The van der Waals surface area contributed by atoms with Crippen LogP contribution in [0.5, 0.6) is 0 Å². The molecule has 0 aromatic heterocycles. The number of halogens is 1. The molecule has 0 radical (unpaired) electrons. The number of nitrogens with one attached hydrogen (secondary N) is 1. The van der Waals surface area contributed by atoms with Crippen molar-refractivity contribution in [3.8, 4) is 0 Å². The second-order valence-corrected chi connectivity index (χ2v) is 6.03. The summed E-state index contributed by atoms with van der Waals surface area (Å²) in [7, 11) is 0. The highest BCUT2D eigenvalue weighted by atomic mass is 79.9. The molecule has 0 aliphatic heterocycles. The zero-order chi connectivity index (χ0) is 15.4. The molecule has 110 valence electrons. The Morgan fingerprint density at radius 3 is 2.38 bits per heavy atom. The normalized spacial score (nSPS) is 10.7. The van der Waals surface area contributed by atoms with Gasteiger partial charge in [-0.2, -0.15) is 0 Å². The van der Waals surface area contributed by atoms with Gasteiger partial charge in [0.1, 0.15) is 0 Å². The highest BCUT2D eigenvalue weighted by Gasteiger charge is 2.11. The summed E-state index contributed by atoms with van der Waals surface area (Å²) in [5.74, 6) is 0.526.